The van der Waals surface area contributed by atoms with Gasteiger partial charge in [0.05, 0.1) is 48.0 Å². The third-order valence-corrected chi connectivity index (χ3v) is 8.16. The van der Waals surface area contributed by atoms with Gasteiger partial charge in [0, 0.05) is 35.4 Å². The normalized spacial score (nSPS) is 11.9. The van der Waals surface area contributed by atoms with Crippen molar-refractivity contribution in [3.05, 3.63) is 96.1 Å². The maximum absolute atomic E-state index is 13.0. The number of aromatic nitrogens is 2. The van der Waals surface area contributed by atoms with Crippen molar-refractivity contribution in [2.45, 2.75) is 44.4 Å². The fraction of sp³-hybridized carbons (Fsp3) is 0.294. The van der Waals surface area contributed by atoms with Gasteiger partial charge in [0.1, 0.15) is 18.1 Å². The van der Waals surface area contributed by atoms with Crippen LogP contribution in [0, 0.1) is 6.92 Å². The molecular weight excluding hydrogens is 562 g/mol. The summed E-state index contributed by atoms with van der Waals surface area (Å²) < 4.78 is 31.7. The molecule has 1 atom stereocenters. The minimum absolute atomic E-state index is 0.284. The van der Waals surface area contributed by atoms with Gasteiger partial charge in [0.15, 0.2) is 0 Å². The Labute approximate surface area is 256 Å². The molecular formula is C34H39N3O5S. The van der Waals surface area contributed by atoms with Gasteiger partial charge >= 0.3 is 0 Å². The maximum atomic E-state index is 13.0. The Balaban J connectivity index is 1.36. The van der Waals surface area contributed by atoms with Gasteiger partial charge < -0.3 is 24.1 Å². The van der Waals surface area contributed by atoms with Gasteiger partial charge in [-0.2, -0.15) is 0 Å². The second-order valence-electron chi connectivity index (χ2n) is 9.84. The first kappa shape index (κ1) is 31.7. The number of benzene rings is 3. The number of nitrogens with one attached hydrogen (secondary N) is 1. The molecule has 0 aliphatic rings. The number of carbonyl (C=O) groups is 1. The van der Waals surface area contributed by atoms with Crippen molar-refractivity contribution in [1.29, 1.82) is 0 Å². The quantitative estimate of drug-likeness (QED) is 0.121. The monoisotopic (exact) mass is 601 g/mol. The van der Waals surface area contributed by atoms with Crippen LogP contribution in [-0.2, 0) is 32.6 Å². The van der Waals surface area contributed by atoms with Crippen molar-refractivity contribution in [2.75, 3.05) is 32.2 Å². The molecule has 0 fully saturated rings. The molecule has 1 N–H and O–H groups in total. The molecule has 1 aromatic heterocycles. The van der Waals surface area contributed by atoms with E-state index in [1.165, 1.54) is 6.08 Å². The molecule has 4 aromatic rings. The predicted molar refractivity (Wildman–Crippen MR) is 172 cm³/mol. The first-order chi connectivity index (χ1) is 20.9. The van der Waals surface area contributed by atoms with Gasteiger partial charge in [-0.1, -0.05) is 25.1 Å². The van der Waals surface area contributed by atoms with E-state index in [1.807, 2.05) is 60.9 Å². The number of aryl methyl sites for hydroxylation is 2. The highest BCUT2D eigenvalue weighted by atomic mass is 32.2. The maximum Gasteiger partial charge on any atom is 0.248 e. The first-order valence-electron chi connectivity index (χ1n) is 14.4. The summed E-state index contributed by atoms with van der Waals surface area (Å²) in [7, 11) is 0.379. The number of hydrogen-bond donors (Lipinski definition) is 1. The summed E-state index contributed by atoms with van der Waals surface area (Å²) in [5.74, 6) is 1.55. The van der Waals surface area contributed by atoms with Crippen molar-refractivity contribution < 1.29 is 23.2 Å². The SMILES string of the molecule is CCCOCCOc1ccc(-c2ccc(OC)c(/C=C/C(=O)Nc3ccc(S(=O)Cc4c(C)ncn4CC)cc3)c2)cc1. The van der Waals surface area contributed by atoms with Crippen LogP contribution in [0.25, 0.3) is 17.2 Å². The molecule has 9 heteroatoms. The number of ether oxygens (including phenoxy) is 3. The molecule has 0 bridgehead atoms. The summed E-state index contributed by atoms with van der Waals surface area (Å²) in [5, 5.41) is 2.87. The minimum Gasteiger partial charge on any atom is -0.496 e. The van der Waals surface area contributed by atoms with Crippen LogP contribution >= 0.6 is 0 Å². The standard InChI is InChI=1S/C34H39N3O5S/c1-5-19-41-20-21-42-30-13-7-26(8-14-30)27-9-17-33(40-4)28(22-27)10-18-34(38)36-29-11-15-31(16-12-29)43(39)23-32-25(3)35-24-37(32)6-2/h7-18,22,24H,5-6,19-21,23H2,1-4H3,(H,36,38)/b18-10+. The second-order valence-corrected chi connectivity index (χ2v) is 11.3. The fourth-order valence-electron chi connectivity index (χ4n) is 4.47. The molecule has 3 aromatic carbocycles. The Kier molecular flexibility index (Phi) is 11.7. The van der Waals surface area contributed by atoms with E-state index < -0.39 is 10.8 Å². The van der Waals surface area contributed by atoms with Crippen LogP contribution in [0.4, 0.5) is 5.69 Å². The fourth-order valence-corrected chi connectivity index (χ4v) is 5.70. The average Bonchev–Trinajstić information content (AvgIpc) is 3.38. The van der Waals surface area contributed by atoms with Gasteiger partial charge in [-0.15, -0.1) is 0 Å². The Morgan fingerprint density at radius 3 is 2.42 bits per heavy atom. The number of amides is 1. The zero-order valence-electron chi connectivity index (χ0n) is 25.2. The van der Waals surface area contributed by atoms with Crippen LogP contribution in [0.1, 0.15) is 37.2 Å². The van der Waals surface area contributed by atoms with Gasteiger partial charge in [-0.25, -0.2) is 4.98 Å². The smallest absolute Gasteiger partial charge is 0.248 e. The van der Waals surface area contributed by atoms with Crippen molar-refractivity contribution in [3.63, 3.8) is 0 Å². The third kappa shape index (κ3) is 8.89. The van der Waals surface area contributed by atoms with E-state index in [1.54, 1.807) is 43.8 Å². The molecule has 4 rings (SSSR count). The molecule has 226 valence electrons. The van der Waals surface area contributed by atoms with E-state index in [4.69, 9.17) is 14.2 Å². The molecule has 1 amide bonds. The lowest BCUT2D eigenvalue weighted by molar-refractivity contribution is -0.111. The molecule has 0 radical (unpaired) electrons. The van der Waals surface area contributed by atoms with E-state index in [0.717, 1.165) is 53.4 Å². The summed E-state index contributed by atoms with van der Waals surface area (Å²) in [6.45, 7) is 8.63. The lowest BCUT2D eigenvalue weighted by atomic mass is 10.0. The van der Waals surface area contributed by atoms with Gasteiger partial charge in [0.25, 0.3) is 0 Å². The summed E-state index contributed by atoms with van der Waals surface area (Å²) in [6.07, 6.45) is 5.97. The number of anilines is 1. The van der Waals surface area contributed by atoms with Crippen LogP contribution in [0.3, 0.4) is 0 Å². The Hall–Kier alpha value is -4.21. The number of hydrogen-bond acceptors (Lipinski definition) is 6. The van der Waals surface area contributed by atoms with Crippen LogP contribution < -0.4 is 14.8 Å². The van der Waals surface area contributed by atoms with E-state index in [0.29, 0.717) is 35.3 Å². The molecule has 0 aliphatic carbocycles. The predicted octanol–water partition coefficient (Wildman–Crippen LogP) is 6.65. The van der Waals surface area contributed by atoms with Crippen LogP contribution in [-0.4, -0.2) is 46.6 Å². The molecule has 1 unspecified atom stereocenters. The van der Waals surface area contributed by atoms with E-state index in [2.05, 4.69) is 17.2 Å². The van der Waals surface area contributed by atoms with E-state index in [-0.39, 0.29) is 5.91 Å². The Morgan fingerprint density at radius 1 is 0.977 bits per heavy atom. The highest BCUT2D eigenvalue weighted by Crippen LogP contribution is 2.29. The average molecular weight is 602 g/mol. The van der Waals surface area contributed by atoms with Crippen molar-refractivity contribution in [3.8, 4) is 22.6 Å². The number of imidazole rings is 1. The largest absolute Gasteiger partial charge is 0.496 e. The van der Waals surface area contributed by atoms with E-state index in [9.17, 15) is 9.00 Å². The van der Waals surface area contributed by atoms with Gasteiger partial charge in [-0.3, -0.25) is 9.00 Å². The molecule has 1 heterocycles. The number of nitrogens with zero attached hydrogens (tertiary/aromatic N) is 2. The van der Waals surface area contributed by atoms with Crippen molar-refractivity contribution in [2.24, 2.45) is 0 Å². The Morgan fingerprint density at radius 2 is 1.72 bits per heavy atom. The topological polar surface area (TPSA) is 91.7 Å². The summed E-state index contributed by atoms with van der Waals surface area (Å²) in [6, 6.07) is 20.8. The second kappa shape index (κ2) is 15.9. The van der Waals surface area contributed by atoms with Gasteiger partial charge in [0.2, 0.25) is 5.91 Å². The highest BCUT2D eigenvalue weighted by Gasteiger charge is 2.13. The first-order valence-corrected chi connectivity index (χ1v) is 15.7. The Bertz CT molecular complexity index is 1550. The molecule has 8 nitrogen and oxygen atoms in total. The molecule has 43 heavy (non-hydrogen) atoms. The summed E-state index contributed by atoms with van der Waals surface area (Å²) in [4.78, 5) is 17.8. The number of methoxy groups -OCH3 is 1. The van der Waals surface area contributed by atoms with Crippen LogP contribution in [0.2, 0.25) is 0 Å². The van der Waals surface area contributed by atoms with Crippen LogP contribution in [0.15, 0.2) is 84.0 Å². The number of carbonyl (C=O) groups excluding carboxylic acids is 1. The lowest BCUT2D eigenvalue weighted by Gasteiger charge is -2.10. The van der Waals surface area contributed by atoms with Crippen molar-refractivity contribution >= 4 is 28.5 Å². The lowest BCUT2D eigenvalue weighted by Crippen LogP contribution is -2.08. The number of rotatable bonds is 15. The van der Waals surface area contributed by atoms with Crippen LogP contribution in [0.5, 0.6) is 11.5 Å². The molecule has 0 saturated heterocycles. The third-order valence-electron chi connectivity index (χ3n) is 6.82. The van der Waals surface area contributed by atoms with E-state index >= 15 is 0 Å². The summed E-state index contributed by atoms with van der Waals surface area (Å²) in [5.41, 5.74) is 5.25. The van der Waals surface area contributed by atoms with Gasteiger partial charge in [-0.05, 0) is 86.0 Å². The zero-order valence-corrected chi connectivity index (χ0v) is 26.0. The molecule has 0 aliphatic heterocycles. The highest BCUT2D eigenvalue weighted by molar-refractivity contribution is 7.84. The minimum atomic E-state index is -1.22. The van der Waals surface area contributed by atoms with Crippen molar-refractivity contribution in [1.82, 2.24) is 9.55 Å². The zero-order chi connectivity index (χ0) is 30.6. The molecule has 0 saturated carbocycles. The summed E-state index contributed by atoms with van der Waals surface area (Å²) >= 11 is 0. The molecule has 0 spiro atoms.